The van der Waals surface area contributed by atoms with Crippen molar-refractivity contribution < 1.29 is 9.84 Å². The molecule has 1 aromatic rings. The van der Waals surface area contributed by atoms with Gasteiger partial charge in [-0.1, -0.05) is 19.9 Å². The van der Waals surface area contributed by atoms with E-state index in [1.165, 1.54) is 6.07 Å². The van der Waals surface area contributed by atoms with E-state index in [9.17, 15) is 5.11 Å². The maximum atomic E-state index is 9.26. The summed E-state index contributed by atoms with van der Waals surface area (Å²) in [6.45, 7) is 4.71. The highest BCUT2D eigenvalue weighted by Gasteiger charge is 2.04. The molecular formula is C10H15NO2. The number of nitrogens with two attached hydrogens (primary N) is 1. The molecule has 0 spiro atoms. The molecule has 0 unspecified atom stereocenters. The minimum absolute atomic E-state index is 0.0706. The highest BCUT2D eigenvalue weighted by Crippen LogP contribution is 2.30. The molecule has 72 valence electrons. The van der Waals surface area contributed by atoms with Gasteiger partial charge in [0.15, 0.2) is 0 Å². The fourth-order valence-corrected chi connectivity index (χ4v) is 0.915. The van der Waals surface area contributed by atoms with Crippen molar-refractivity contribution in [3.8, 4) is 11.5 Å². The average Bonchev–Trinajstić information content (AvgIpc) is 2.07. The van der Waals surface area contributed by atoms with Crippen molar-refractivity contribution in [2.75, 3.05) is 12.3 Å². The van der Waals surface area contributed by atoms with Gasteiger partial charge in [-0.25, -0.2) is 0 Å². The van der Waals surface area contributed by atoms with Gasteiger partial charge >= 0.3 is 0 Å². The van der Waals surface area contributed by atoms with Gasteiger partial charge in [0.2, 0.25) is 0 Å². The van der Waals surface area contributed by atoms with E-state index in [0.29, 0.717) is 24.0 Å². The number of rotatable bonds is 3. The Balaban J connectivity index is 2.71. The zero-order valence-electron chi connectivity index (χ0n) is 7.95. The van der Waals surface area contributed by atoms with E-state index in [4.69, 9.17) is 10.5 Å². The van der Waals surface area contributed by atoms with E-state index >= 15 is 0 Å². The van der Waals surface area contributed by atoms with Crippen molar-refractivity contribution in [2.24, 2.45) is 5.92 Å². The summed E-state index contributed by atoms with van der Waals surface area (Å²) >= 11 is 0. The van der Waals surface area contributed by atoms with E-state index in [0.717, 1.165) is 0 Å². The molecule has 0 amide bonds. The molecule has 0 aliphatic rings. The number of para-hydroxylation sites is 1. The van der Waals surface area contributed by atoms with Crippen LogP contribution in [-0.4, -0.2) is 11.7 Å². The molecule has 0 saturated heterocycles. The van der Waals surface area contributed by atoms with Crippen molar-refractivity contribution in [2.45, 2.75) is 13.8 Å². The van der Waals surface area contributed by atoms with Gasteiger partial charge in [0, 0.05) is 0 Å². The number of nitrogen functional groups attached to an aromatic ring is 1. The number of hydrogen-bond acceptors (Lipinski definition) is 3. The summed E-state index contributed by atoms with van der Waals surface area (Å²) in [4.78, 5) is 0. The number of anilines is 1. The normalized spacial score (nSPS) is 10.4. The van der Waals surface area contributed by atoms with Gasteiger partial charge in [-0.15, -0.1) is 0 Å². The Morgan fingerprint density at radius 3 is 2.77 bits per heavy atom. The first-order valence-electron chi connectivity index (χ1n) is 4.31. The second kappa shape index (κ2) is 4.03. The van der Waals surface area contributed by atoms with Gasteiger partial charge in [-0.2, -0.15) is 0 Å². The first-order valence-corrected chi connectivity index (χ1v) is 4.31. The second-order valence-electron chi connectivity index (χ2n) is 3.39. The summed E-state index contributed by atoms with van der Waals surface area (Å²) in [6.07, 6.45) is 0. The van der Waals surface area contributed by atoms with E-state index in [2.05, 4.69) is 13.8 Å². The van der Waals surface area contributed by atoms with Gasteiger partial charge in [0.25, 0.3) is 0 Å². The number of phenolic OH excluding ortho intramolecular Hbond substituents is 1. The summed E-state index contributed by atoms with van der Waals surface area (Å²) in [5, 5.41) is 9.26. The predicted molar refractivity (Wildman–Crippen MR) is 52.9 cm³/mol. The molecular weight excluding hydrogens is 166 g/mol. The molecule has 0 aliphatic heterocycles. The summed E-state index contributed by atoms with van der Waals surface area (Å²) in [5.74, 6) is 1.07. The van der Waals surface area contributed by atoms with E-state index in [1.807, 2.05) is 0 Å². The molecule has 3 N–H and O–H groups in total. The third-order valence-electron chi connectivity index (χ3n) is 1.62. The maximum Gasteiger partial charge on any atom is 0.146 e. The Hall–Kier alpha value is -1.38. The molecule has 3 nitrogen and oxygen atoms in total. The number of ether oxygens (including phenoxy) is 1. The monoisotopic (exact) mass is 181 g/mol. The van der Waals surface area contributed by atoms with E-state index in [1.54, 1.807) is 12.1 Å². The Kier molecular flexibility index (Phi) is 3.01. The molecule has 0 atom stereocenters. The molecule has 0 saturated carbocycles. The van der Waals surface area contributed by atoms with Crippen LogP contribution in [0.2, 0.25) is 0 Å². The fourth-order valence-electron chi connectivity index (χ4n) is 0.915. The molecule has 13 heavy (non-hydrogen) atoms. The first kappa shape index (κ1) is 9.71. The Bertz CT molecular complexity index is 284. The van der Waals surface area contributed by atoms with E-state index < -0.39 is 0 Å². The van der Waals surface area contributed by atoms with Gasteiger partial charge < -0.3 is 15.6 Å². The molecule has 0 heterocycles. The Labute approximate surface area is 78.1 Å². The van der Waals surface area contributed by atoms with Crippen LogP contribution in [0, 0.1) is 5.92 Å². The molecule has 3 heteroatoms. The van der Waals surface area contributed by atoms with Crippen molar-refractivity contribution in [1.82, 2.24) is 0 Å². The molecule has 0 aliphatic carbocycles. The van der Waals surface area contributed by atoms with Crippen LogP contribution < -0.4 is 10.5 Å². The Morgan fingerprint density at radius 2 is 2.15 bits per heavy atom. The molecule has 0 bridgehead atoms. The van der Waals surface area contributed by atoms with Crippen molar-refractivity contribution in [3.05, 3.63) is 18.2 Å². The largest absolute Gasteiger partial charge is 0.506 e. The summed E-state index contributed by atoms with van der Waals surface area (Å²) in [5.41, 5.74) is 5.90. The summed E-state index contributed by atoms with van der Waals surface area (Å²) in [6, 6.07) is 5.00. The second-order valence-corrected chi connectivity index (χ2v) is 3.39. The van der Waals surface area contributed by atoms with Crippen LogP contribution in [0.15, 0.2) is 18.2 Å². The standard InChI is InChI=1S/C10H15NO2/c1-7(2)6-13-9-5-3-4-8(12)10(9)11/h3-5,7,12H,6,11H2,1-2H3. The van der Waals surface area contributed by atoms with Crippen LogP contribution in [-0.2, 0) is 0 Å². The lowest BCUT2D eigenvalue weighted by atomic mass is 10.2. The number of aromatic hydroxyl groups is 1. The minimum atomic E-state index is 0.0706. The predicted octanol–water partition coefficient (Wildman–Crippen LogP) is 2.01. The summed E-state index contributed by atoms with van der Waals surface area (Å²) < 4.78 is 5.39. The summed E-state index contributed by atoms with van der Waals surface area (Å²) in [7, 11) is 0. The van der Waals surface area contributed by atoms with Crippen LogP contribution in [0.5, 0.6) is 11.5 Å². The quantitative estimate of drug-likeness (QED) is 0.554. The first-order chi connectivity index (χ1) is 6.11. The van der Waals surface area contributed by atoms with Crippen LogP contribution in [0.3, 0.4) is 0 Å². The van der Waals surface area contributed by atoms with Crippen LogP contribution in [0.4, 0.5) is 5.69 Å². The van der Waals surface area contributed by atoms with Crippen molar-refractivity contribution in [1.29, 1.82) is 0 Å². The number of benzene rings is 1. The van der Waals surface area contributed by atoms with Gasteiger partial charge in [0.05, 0.1) is 6.61 Å². The van der Waals surface area contributed by atoms with E-state index in [-0.39, 0.29) is 5.75 Å². The highest BCUT2D eigenvalue weighted by molar-refractivity contribution is 5.61. The highest BCUT2D eigenvalue weighted by atomic mass is 16.5. The minimum Gasteiger partial charge on any atom is -0.506 e. The topological polar surface area (TPSA) is 55.5 Å². The lowest BCUT2D eigenvalue weighted by molar-refractivity contribution is 0.271. The van der Waals surface area contributed by atoms with Crippen molar-refractivity contribution >= 4 is 5.69 Å². The number of phenols is 1. The maximum absolute atomic E-state index is 9.26. The SMILES string of the molecule is CC(C)COc1cccc(O)c1N. The van der Waals surface area contributed by atoms with Crippen LogP contribution >= 0.6 is 0 Å². The fraction of sp³-hybridized carbons (Fsp3) is 0.400. The molecule has 0 radical (unpaired) electrons. The zero-order valence-corrected chi connectivity index (χ0v) is 7.95. The molecule has 1 aromatic carbocycles. The van der Waals surface area contributed by atoms with Crippen molar-refractivity contribution in [3.63, 3.8) is 0 Å². The van der Waals surface area contributed by atoms with Crippen LogP contribution in [0.25, 0.3) is 0 Å². The Morgan fingerprint density at radius 1 is 1.46 bits per heavy atom. The number of hydrogen-bond donors (Lipinski definition) is 2. The average molecular weight is 181 g/mol. The zero-order chi connectivity index (χ0) is 9.84. The third-order valence-corrected chi connectivity index (χ3v) is 1.62. The smallest absolute Gasteiger partial charge is 0.146 e. The molecule has 0 fully saturated rings. The molecule has 0 aromatic heterocycles. The van der Waals surface area contributed by atoms with Gasteiger partial charge in [0.1, 0.15) is 17.2 Å². The third kappa shape index (κ3) is 2.54. The lowest BCUT2D eigenvalue weighted by Crippen LogP contribution is -2.06. The lowest BCUT2D eigenvalue weighted by Gasteiger charge is -2.11. The van der Waals surface area contributed by atoms with Gasteiger partial charge in [-0.05, 0) is 18.1 Å². The van der Waals surface area contributed by atoms with Gasteiger partial charge in [-0.3, -0.25) is 0 Å². The van der Waals surface area contributed by atoms with Crippen LogP contribution in [0.1, 0.15) is 13.8 Å². The molecule has 1 rings (SSSR count).